The number of benzene rings is 5. The van der Waals surface area contributed by atoms with E-state index in [1.807, 2.05) is 54.9 Å². The van der Waals surface area contributed by atoms with Gasteiger partial charge in [-0.1, -0.05) is 122 Å². The standard InChI is InChI=1S/C30H20NO.C14H16NSi.Ir/c1-20-17-28(31-19-27(20)22-11-6-3-7-12-22)23-15-16-29-26(18-23)25-14-8-13-24(30(25)32-29)21-9-4-2-5-10-21;1-16(2,3)13-9-10-14(15-11-13)12-7-5-4-6-8-12;/h2-14,16-19H,1H3;4-7,9-11H,1-3H3;/q2*-1;. The molecule has 3 nitrogen and oxygen atoms in total. The van der Waals surface area contributed by atoms with Crippen molar-refractivity contribution < 1.29 is 24.5 Å². The van der Waals surface area contributed by atoms with E-state index in [0.717, 1.165) is 61.1 Å². The van der Waals surface area contributed by atoms with E-state index in [4.69, 9.17) is 9.40 Å². The molecule has 0 atom stereocenters. The quantitative estimate of drug-likeness (QED) is 0.128. The SMILES string of the molecule is C[Si](C)(C)c1ccc(-c2[c-]cccc2)nc1.Cc1cc(-c2[c-]cc3oc4c(-c5ccccc5)cccc4c3c2)ncc1-c1ccccc1.[Ir]. The Hall–Kier alpha value is -4.93. The molecule has 0 amide bonds. The van der Waals surface area contributed by atoms with Gasteiger partial charge < -0.3 is 14.4 Å². The maximum atomic E-state index is 6.28. The Bertz CT molecular complexity index is 2310. The van der Waals surface area contributed by atoms with Crippen LogP contribution in [0.2, 0.25) is 19.6 Å². The number of fused-ring (bicyclic) bond motifs is 3. The molecule has 49 heavy (non-hydrogen) atoms. The van der Waals surface area contributed by atoms with Crippen LogP contribution < -0.4 is 5.19 Å². The summed E-state index contributed by atoms with van der Waals surface area (Å²) in [5.74, 6) is 0. The summed E-state index contributed by atoms with van der Waals surface area (Å²) in [5, 5.41) is 3.58. The largest absolute Gasteiger partial charge is 0.500 e. The van der Waals surface area contributed by atoms with Gasteiger partial charge in [-0.25, -0.2) is 0 Å². The molecule has 0 saturated carbocycles. The molecule has 0 fully saturated rings. The number of nitrogens with zero attached hydrogens (tertiary/aromatic N) is 2. The minimum absolute atomic E-state index is 0. The molecule has 0 unspecified atom stereocenters. The second kappa shape index (κ2) is 14.7. The number of para-hydroxylation sites is 1. The van der Waals surface area contributed by atoms with Gasteiger partial charge in [-0.15, -0.1) is 59.7 Å². The van der Waals surface area contributed by atoms with Gasteiger partial charge >= 0.3 is 0 Å². The summed E-state index contributed by atoms with van der Waals surface area (Å²) in [6.07, 6.45) is 3.97. The Morgan fingerprint density at radius 3 is 1.92 bits per heavy atom. The summed E-state index contributed by atoms with van der Waals surface area (Å²) in [4.78, 5) is 9.28. The van der Waals surface area contributed by atoms with Crippen LogP contribution in [-0.4, -0.2) is 18.0 Å². The van der Waals surface area contributed by atoms with Gasteiger partial charge in [0.2, 0.25) is 0 Å². The molecule has 0 N–H and O–H groups in total. The number of hydrogen-bond donors (Lipinski definition) is 0. The maximum Gasteiger partial charge on any atom is 0.128 e. The minimum Gasteiger partial charge on any atom is -0.500 e. The average molecular weight is 829 g/mol. The topological polar surface area (TPSA) is 38.9 Å². The second-order valence-corrected chi connectivity index (χ2v) is 18.1. The van der Waals surface area contributed by atoms with Crippen molar-refractivity contribution in [3.63, 3.8) is 0 Å². The molecule has 5 aromatic carbocycles. The van der Waals surface area contributed by atoms with Crippen LogP contribution >= 0.6 is 0 Å². The van der Waals surface area contributed by atoms with Crippen LogP contribution in [0.4, 0.5) is 0 Å². The first-order valence-electron chi connectivity index (χ1n) is 16.2. The number of aromatic nitrogens is 2. The number of aryl methyl sites for hydroxylation is 1. The predicted octanol–water partition coefficient (Wildman–Crippen LogP) is 11.2. The maximum absolute atomic E-state index is 6.28. The molecular formula is C44H36IrN2OSi-2. The first kappa shape index (κ1) is 33.9. The van der Waals surface area contributed by atoms with Gasteiger partial charge in [0.05, 0.1) is 13.7 Å². The molecule has 3 heterocycles. The van der Waals surface area contributed by atoms with Gasteiger partial charge in [-0.3, -0.25) is 0 Å². The van der Waals surface area contributed by atoms with Crippen LogP contribution in [0.25, 0.3) is 66.7 Å². The van der Waals surface area contributed by atoms with Gasteiger partial charge in [0.1, 0.15) is 5.58 Å². The van der Waals surface area contributed by atoms with Crippen LogP contribution in [0.15, 0.2) is 150 Å². The molecule has 5 heteroatoms. The fourth-order valence-corrected chi connectivity index (χ4v) is 6.94. The third kappa shape index (κ3) is 7.40. The Balaban J connectivity index is 0.000000208. The van der Waals surface area contributed by atoms with E-state index in [2.05, 4.69) is 135 Å². The molecule has 0 aliphatic rings. The van der Waals surface area contributed by atoms with Gasteiger partial charge in [0.15, 0.2) is 0 Å². The van der Waals surface area contributed by atoms with E-state index in [-0.39, 0.29) is 20.1 Å². The van der Waals surface area contributed by atoms with Gasteiger partial charge in [-0.05, 0) is 40.2 Å². The minimum atomic E-state index is -1.23. The van der Waals surface area contributed by atoms with Crippen LogP contribution in [0.5, 0.6) is 0 Å². The van der Waals surface area contributed by atoms with Crippen molar-refractivity contribution in [1.29, 1.82) is 0 Å². The van der Waals surface area contributed by atoms with Gasteiger partial charge in [-0.2, -0.15) is 0 Å². The molecule has 243 valence electrons. The predicted molar refractivity (Wildman–Crippen MR) is 203 cm³/mol. The molecule has 1 radical (unpaired) electrons. The van der Waals surface area contributed by atoms with Crippen LogP contribution in [0, 0.1) is 19.1 Å². The smallest absolute Gasteiger partial charge is 0.128 e. The molecule has 0 spiro atoms. The fourth-order valence-electron chi connectivity index (χ4n) is 5.91. The zero-order valence-corrected chi connectivity index (χ0v) is 31.4. The molecule has 3 aromatic heterocycles. The normalized spacial score (nSPS) is 11.1. The zero-order chi connectivity index (χ0) is 33.1. The summed E-state index contributed by atoms with van der Waals surface area (Å²) < 4.78 is 6.28. The van der Waals surface area contributed by atoms with E-state index >= 15 is 0 Å². The van der Waals surface area contributed by atoms with Crippen molar-refractivity contribution in [1.82, 2.24) is 9.97 Å². The second-order valence-electron chi connectivity index (χ2n) is 13.0. The van der Waals surface area contributed by atoms with Crippen molar-refractivity contribution in [3.05, 3.63) is 164 Å². The van der Waals surface area contributed by atoms with Crippen LogP contribution in [0.3, 0.4) is 0 Å². The van der Waals surface area contributed by atoms with Crippen molar-refractivity contribution in [2.75, 3.05) is 0 Å². The van der Waals surface area contributed by atoms with Crippen LogP contribution in [-0.2, 0) is 20.1 Å². The zero-order valence-electron chi connectivity index (χ0n) is 28.0. The van der Waals surface area contributed by atoms with Crippen LogP contribution in [0.1, 0.15) is 5.56 Å². The summed E-state index contributed by atoms with van der Waals surface area (Å²) in [6.45, 7) is 9.13. The monoisotopic (exact) mass is 829 g/mol. The third-order valence-electron chi connectivity index (χ3n) is 8.60. The third-order valence-corrected chi connectivity index (χ3v) is 10.6. The molecule has 8 rings (SSSR count). The van der Waals surface area contributed by atoms with Gasteiger partial charge in [0, 0.05) is 49.0 Å². The fraction of sp³-hybridized carbons (Fsp3) is 0.0909. The van der Waals surface area contributed by atoms with E-state index in [0.29, 0.717) is 0 Å². The summed E-state index contributed by atoms with van der Waals surface area (Å²) in [7, 11) is -1.23. The Kier molecular flexibility index (Phi) is 10.2. The summed E-state index contributed by atoms with van der Waals surface area (Å²) in [5.41, 5.74) is 11.5. The van der Waals surface area contributed by atoms with E-state index < -0.39 is 8.07 Å². The van der Waals surface area contributed by atoms with Crippen molar-refractivity contribution in [2.24, 2.45) is 0 Å². The average Bonchev–Trinajstić information content (AvgIpc) is 3.51. The molecule has 0 aliphatic heterocycles. The molecular weight excluding hydrogens is 793 g/mol. The van der Waals surface area contributed by atoms with E-state index in [1.165, 1.54) is 16.3 Å². The Morgan fingerprint density at radius 2 is 1.29 bits per heavy atom. The Labute approximate surface area is 303 Å². The first-order chi connectivity index (χ1) is 23.3. The molecule has 0 aliphatic carbocycles. The van der Waals surface area contributed by atoms with E-state index in [9.17, 15) is 0 Å². The van der Waals surface area contributed by atoms with Gasteiger partial charge in [0.25, 0.3) is 0 Å². The Morgan fingerprint density at radius 1 is 0.592 bits per heavy atom. The van der Waals surface area contributed by atoms with E-state index in [1.54, 1.807) is 0 Å². The van der Waals surface area contributed by atoms with Crippen molar-refractivity contribution in [2.45, 2.75) is 26.6 Å². The molecule has 0 bridgehead atoms. The summed E-state index contributed by atoms with van der Waals surface area (Å²) in [6, 6.07) is 52.1. The number of furan rings is 1. The number of hydrogen-bond acceptors (Lipinski definition) is 3. The number of rotatable bonds is 5. The van der Waals surface area contributed by atoms with Crippen molar-refractivity contribution in [3.8, 4) is 44.8 Å². The first-order valence-corrected chi connectivity index (χ1v) is 19.7. The number of pyridine rings is 2. The molecule has 8 aromatic rings. The van der Waals surface area contributed by atoms with Crippen molar-refractivity contribution >= 4 is 35.2 Å². The molecule has 0 saturated heterocycles. The summed E-state index contributed by atoms with van der Waals surface area (Å²) >= 11 is 0.